The number of esters is 1. The van der Waals surface area contributed by atoms with Crippen LogP contribution in [0.3, 0.4) is 0 Å². The first-order valence-electron chi connectivity index (χ1n) is 7.28. The van der Waals surface area contributed by atoms with Crippen LogP contribution in [0, 0.1) is 5.92 Å². The maximum atomic E-state index is 12.0. The molecule has 112 valence electrons. The number of carbonyl (C=O) groups excluding carboxylic acids is 1. The second-order valence-corrected chi connectivity index (χ2v) is 5.32. The molecule has 1 atom stereocenters. The van der Waals surface area contributed by atoms with Gasteiger partial charge in [-0.2, -0.15) is 0 Å². The maximum absolute atomic E-state index is 12.0. The zero-order valence-electron chi connectivity index (χ0n) is 12.9. The van der Waals surface area contributed by atoms with Gasteiger partial charge in [-0.3, -0.25) is 4.79 Å². The van der Waals surface area contributed by atoms with E-state index in [1.807, 2.05) is 36.4 Å². The van der Waals surface area contributed by atoms with Crippen molar-refractivity contribution >= 4 is 5.97 Å². The van der Waals surface area contributed by atoms with E-state index in [0.717, 1.165) is 17.6 Å². The van der Waals surface area contributed by atoms with Gasteiger partial charge in [-0.25, -0.2) is 0 Å². The molecule has 0 fully saturated rings. The predicted octanol–water partition coefficient (Wildman–Crippen LogP) is 5.01. The molecule has 1 aromatic rings. The highest BCUT2D eigenvalue weighted by molar-refractivity contribution is 5.70. The van der Waals surface area contributed by atoms with Crippen LogP contribution >= 0.6 is 0 Å². The van der Waals surface area contributed by atoms with Crippen LogP contribution in [0.1, 0.15) is 38.4 Å². The molecular weight excluding hydrogens is 260 g/mol. The summed E-state index contributed by atoms with van der Waals surface area (Å²) in [4.78, 5) is 12.0. The third-order valence-corrected chi connectivity index (χ3v) is 3.13. The van der Waals surface area contributed by atoms with Gasteiger partial charge in [0.2, 0.25) is 0 Å². The normalized spacial score (nSPS) is 12.8. The molecule has 1 unspecified atom stereocenters. The standard InChI is InChI=1S/C19H24O2/c1-5-10-16(6-2)19(17-11-8-7-9-12-17)21-18(20)14-13-15(3)4/h5-12,15,19H,1-2,13-14H2,3-4H3/b16-10+. The molecule has 0 N–H and O–H groups in total. The van der Waals surface area contributed by atoms with E-state index < -0.39 is 6.10 Å². The third-order valence-electron chi connectivity index (χ3n) is 3.13. The number of hydrogen-bond acceptors (Lipinski definition) is 2. The van der Waals surface area contributed by atoms with Gasteiger partial charge < -0.3 is 4.74 Å². The van der Waals surface area contributed by atoms with Crippen molar-refractivity contribution in [1.29, 1.82) is 0 Å². The minimum Gasteiger partial charge on any atom is -0.453 e. The number of rotatable bonds is 8. The number of carbonyl (C=O) groups is 1. The maximum Gasteiger partial charge on any atom is 0.306 e. The SMILES string of the molecule is C=C/C=C(\C=C)C(OC(=O)CCC(C)C)c1ccccc1. The smallest absolute Gasteiger partial charge is 0.306 e. The molecule has 0 saturated carbocycles. The lowest BCUT2D eigenvalue weighted by atomic mass is 10.0. The Kier molecular flexibility index (Phi) is 7.24. The summed E-state index contributed by atoms with van der Waals surface area (Å²) >= 11 is 0. The van der Waals surface area contributed by atoms with Crippen LogP contribution in [0.25, 0.3) is 0 Å². The highest BCUT2D eigenvalue weighted by atomic mass is 16.5. The fourth-order valence-corrected chi connectivity index (χ4v) is 1.95. The topological polar surface area (TPSA) is 26.3 Å². The largest absolute Gasteiger partial charge is 0.453 e. The zero-order valence-corrected chi connectivity index (χ0v) is 12.9. The molecule has 0 amide bonds. The molecule has 0 aliphatic carbocycles. The Labute approximate surface area is 127 Å². The molecule has 1 aromatic carbocycles. The van der Waals surface area contributed by atoms with E-state index in [4.69, 9.17) is 4.74 Å². The Morgan fingerprint density at radius 1 is 1.24 bits per heavy atom. The van der Waals surface area contributed by atoms with Gasteiger partial charge >= 0.3 is 5.97 Å². The van der Waals surface area contributed by atoms with Crippen LogP contribution in [-0.2, 0) is 9.53 Å². The molecule has 0 radical (unpaired) electrons. The van der Waals surface area contributed by atoms with E-state index >= 15 is 0 Å². The lowest BCUT2D eigenvalue weighted by Crippen LogP contribution is -2.13. The first kappa shape index (κ1) is 17.0. The number of hydrogen-bond donors (Lipinski definition) is 0. The van der Waals surface area contributed by atoms with Gasteiger partial charge in [0.1, 0.15) is 0 Å². The molecular formula is C19H24O2. The van der Waals surface area contributed by atoms with E-state index in [0.29, 0.717) is 12.3 Å². The monoisotopic (exact) mass is 284 g/mol. The summed E-state index contributed by atoms with van der Waals surface area (Å²) in [5.74, 6) is 0.296. The van der Waals surface area contributed by atoms with Crippen molar-refractivity contribution in [3.05, 3.63) is 72.9 Å². The van der Waals surface area contributed by atoms with Gasteiger partial charge in [0.25, 0.3) is 0 Å². The number of benzene rings is 1. The molecule has 2 heteroatoms. The van der Waals surface area contributed by atoms with E-state index in [9.17, 15) is 4.79 Å². The van der Waals surface area contributed by atoms with Crippen molar-refractivity contribution in [3.63, 3.8) is 0 Å². The summed E-state index contributed by atoms with van der Waals surface area (Å²) in [7, 11) is 0. The third kappa shape index (κ3) is 5.82. The Hall–Kier alpha value is -2.09. The summed E-state index contributed by atoms with van der Waals surface area (Å²) in [5.41, 5.74) is 1.76. The van der Waals surface area contributed by atoms with E-state index in [1.165, 1.54) is 0 Å². The minimum atomic E-state index is -0.429. The van der Waals surface area contributed by atoms with Crippen LogP contribution in [-0.4, -0.2) is 5.97 Å². The van der Waals surface area contributed by atoms with Crippen LogP contribution in [0.4, 0.5) is 0 Å². The van der Waals surface area contributed by atoms with Crippen molar-refractivity contribution in [2.45, 2.75) is 32.8 Å². The van der Waals surface area contributed by atoms with E-state index in [2.05, 4.69) is 27.0 Å². The highest BCUT2D eigenvalue weighted by Gasteiger charge is 2.19. The second-order valence-electron chi connectivity index (χ2n) is 5.32. The Bertz CT molecular complexity index is 498. The van der Waals surface area contributed by atoms with Gasteiger partial charge in [-0.1, -0.05) is 75.6 Å². The van der Waals surface area contributed by atoms with Crippen LogP contribution in [0.5, 0.6) is 0 Å². The minimum absolute atomic E-state index is 0.186. The molecule has 0 aliphatic heterocycles. The van der Waals surface area contributed by atoms with Crippen LogP contribution in [0.2, 0.25) is 0 Å². The van der Waals surface area contributed by atoms with E-state index in [-0.39, 0.29) is 5.97 Å². The van der Waals surface area contributed by atoms with Crippen LogP contribution < -0.4 is 0 Å². The lowest BCUT2D eigenvalue weighted by molar-refractivity contribution is -0.147. The Balaban J connectivity index is 2.92. The summed E-state index contributed by atoms with van der Waals surface area (Å²) in [6, 6.07) is 9.69. The molecule has 0 aromatic heterocycles. The second kappa shape index (κ2) is 8.96. The van der Waals surface area contributed by atoms with Crippen molar-refractivity contribution < 1.29 is 9.53 Å². The van der Waals surface area contributed by atoms with Crippen molar-refractivity contribution in [1.82, 2.24) is 0 Å². The summed E-state index contributed by atoms with van der Waals surface area (Å²) in [6.07, 6.45) is 6.03. The van der Waals surface area contributed by atoms with Crippen molar-refractivity contribution in [2.75, 3.05) is 0 Å². The van der Waals surface area contributed by atoms with Crippen molar-refractivity contribution in [3.8, 4) is 0 Å². The van der Waals surface area contributed by atoms with E-state index in [1.54, 1.807) is 12.2 Å². The molecule has 0 spiro atoms. The highest BCUT2D eigenvalue weighted by Crippen LogP contribution is 2.27. The summed E-state index contributed by atoms with van der Waals surface area (Å²) in [6.45, 7) is 11.7. The van der Waals surface area contributed by atoms with Crippen LogP contribution in [0.15, 0.2) is 67.3 Å². The number of ether oxygens (including phenoxy) is 1. The Morgan fingerprint density at radius 3 is 2.43 bits per heavy atom. The molecule has 2 nitrogen and oxygen atoms in total. The van der Waals surface area contributed by atoms with Gasteiger partial charge in [-0.15, -0.1) is 0 Å². The molecule has 0 heterocycles. The van der Waals surface area contributed by atoms with Crippen molar-refractivity contribution in [2.24, 2.45) is 5.92 Å². The van der Waals surface area contributed by atoms with Gasteiger partial charge in [-0.05, 0) is 23.5 Å². The fraction of sp³-hybridized carbons (Fsp3) is 0.316. The molecule has 21 heavy (non-hydrogen) atoms. The first-order valence-corrected chi connectivity index (χ1v) is 7.28. The number of allylic oxidation sites excluding steroid dienone is 2. The Morgan fingerprint density at radius 2 is 1.90 bits per heavy atom. The average Bonchev–Trinajstić information content (AvgIpc) is 2.49. The zero-order chi connectivity index (χ0) is 15.7. The summed E-state index contributed by atoms with van der Waals surface area (Å²) < 4.78 is 5.67. The molecule has 0 saturated heterocycles. The molecule has 0 aliphatic rings. The lowest BCUT2D eigenvalue weighted by Gasteiger charge is -2.20. The molecule has 0 bridgehead atoms. The quantitative estimate of drug-likeness (QED) is 0.495. The first-order chi connectivity index (χ1) is 10.1. The fourth-order valence-electron chi connectivity index (χ4n) is 1.95. The molecule has 1 rings (SSSR count). The average molecular weight is 284 g/mol. The van der Waals surface area contributed by atoms with Gasteiger partial charge in [0, 0.05) is 6.42 Å². The predicted molar refractivity (Wildman–Crippen MR) is 87.8 cm³/mol. The summed E-state index contributed by atoms with van der Waals surface area (Å²) in [5, 5.41) is 0. The van der Waals surface area contributed by atoms with Gasteiger partial charge in [0.05, 0.1) is 0 Å². The van der Waals surface area contributed by atoms with Gasteiger partial charge in [0.15, 0.2) is 6.10 Å².